The average molecular weight is 473 g/mol. The van der Waals surface area contributed by atoms with Crippen LogP contribution in [0, 0.1) is 0 Å². The summed E-state index contributed by atoms with van der Waals surface area (Å²) in [6.45, 7) is 2.69. The molecule has 33 heavy (non-hydrogen) atoms. The fourth-order valence-corrected chi connectivity index (χ4v) is 4.40. The number of aromatic nitrogens is 2. The summed E-state index contributed by atoms with van der Waals surface area (Å²) in [7, 11) is 0. The minimum atomic E-state index is -0.204. The molecule has 2 heterocycles. The maximum Gasteiger partial charge on any atom is 0.258 e. The number of benzene rings is 3. The van der Waals surface area contributed by atoms with Crippen LogP contribution in [0.25, 0.3) is 17.0 Å². The number of thiocarbonyl (C=S) groups is 1. The molecular formula is C26H21ClN4OS. The van der Waals surface area contributed by atoms with Crippen LogP contribution in [-0.2, 0) is 6.54 Å². The van der Waals surface area contributed by atoms with Crippen molar-refractivity contribution in [2.45, 2.75) is 19.5 Å². The summed E-state index contributed by atoms with van der Waals surface area (Å²) in [6.07, 6.45) is 0. The molecule has 0 spiro atoms. The zero-order chi connectivity index (χ0) is 22.8. The predicted octanol–water partition coefficient (Wildman–Crippen LogP) is 6.25. The Morgan fingerprint density at radius 2 is 1.64 bits per heavy atom. The van der Waals surface area contributed by atoms with E-state index < -0.39 is 0 Å². The van der Waals surface area contributed by atoms with Gasteiger partial charge in [0, 0.05) is 22.8 Å². The molecule has 0 bridgehead atoms. The van der Waals surface area contributed by atoms with Gasteiger partial charge in [-0.25, -0.2) is 0 Å². The first-order valence-corrected chi connectivity index (χ1v) is 11.4. The Labute approximate surface area is 202 Å². The van der Waals surface area contributed by atoms with Crippen molar-refractivity contribution < 1.29 is 4.52 Å². The Bertz CT molecular complexity index is 1300. The fourth-order valence-electron chi connectivity index (χ4n) is 3.96. The SMILES string of the molecule is CC1=C(c2nc(-c3ccc(Cl)cc3)no2)C(c2ccccc2)NC(=S)N1Cc1ccccc1. The summed E-state index contributed by atoms with van der Waals surface area (Å²) < 4.78 is 5.78. The van der Waals surface area contributed by atoms with Gasteiger partial charge >= 0.3 is 0 Å². The van der Waals surface area contributed by atoms with Gasteiger partial charge in [-0.1, -0.05) is 77.4 Å². The number of allylic oxidation sites excluding steroid dienone is 1. The molecule has 5 rings (SSSR count). The van der Waals surface area contributed by atoms with E-state index in [1.807, 2.05) is 67.6 Å². The summed E-state index contributed by atoms with van der Waals surface area (Å²) in [5, 5.41) is 9.05. The highest BCUT2D eigenvalue weighted by Crippen LogP contribution is 2.37. The van der Waals surface area contributed by atoms with Gasteiger partial charge in [-0.05, 0) is 54.5 Å². The summed E-state index contributed by atoms with van der Waals surface area (Å²) in [5.74, 6) is 0.968. The Balaban J connectivity index is 1.59. The van der Waals surface area contributed by atoms with Crippen LogP contribution in [0.2, 0.25) is 5.02 Å². The van der Waals surface area contributed by atoms with Gasteiger partial charge in [0.15, 0.2) is 5.11 Å². The van der Waals surface area contributed by atoms with E-state index in [2.05, 4.69) is 39.6 Å². The van der Waals surface area contributed by atoms with Crippen LogP contribution >= 0.6 is 23.8 Å². The third kappa shape index (κ3) is 4.40. The molecule has 3 aromatic carbocycles. The number of halogens is 1. The predicted molar refractivity (Wildman–Crippen MR) is 134 cm³/mol. The van der Waals surface area contributed by atoms with Gasteiger partial charge < -0.3 is 14.7 Å². The van der Waals surface area contributed by atoms with Crippen LogP contribution in [0.15, 0.2) is 95.1 Å². The molecule has 1 aliphatic heterocycles. The highest BCUT2D eigenvalue weighted by Gasteiger charge is 2.34. The summed E-state index contributed by atoms with van der Waals surface area (Å²) in [6, 6.07) is 27.6. The molecule has 1 unspecified atom stereocenters. The Hall–Kier alpha value is -3.48. The van der Waals surface area contributed by atoms with Gasteiger partial charge in [-0.2, -0.15) is 4.98 Å². The van der Waals surface area contributed by atoms with E-state index in [-0.39, 0.29) is 6.04 Å². The topological polar surface area (TPSA) is 54.2 Å². The smallest absolute Gasteiger partial charge is 0.258 e. The van der Waals surface area contributed by atoms with Crippen molar-refractivity contribution >= 4 is 34.5 Å². The maximum atomic E-state index is 6.03. The normalized spacial score (nSPS) is 16.1. The monoisotopic (exact) mass is 472 g/mol. The van der Waals surface area contributed by atoms with Crippen molar-refractivity contribution in [1.29, 1.82) is 0 Å². The van der Waals surface area contributed by atoms with Gasteiger partial charge in [-0.15, -0.1) is 0 Å². The molecular weight excluding hydrogens is 452 g/mol. The lowest BCUT2D eigenvalue weighted by molar-refractivity contribution is 0.396. The van der Waals surface area contributed by atoms with Crippen molar-refractivity contribution in [3.05, 3.63) is 113 Å². The summed E-state index contributed by atoms with van der Waals surface area (Å²) >= 11 is 11.8. The largest absolute Gasteiger partial charge is 0.351 e. The second kappa shape index (κ2) is 9.17. The van der Waals surface area contributed by atoms with Crippen molar-refractivity contribution in [2.24, 2.45) is 0 Å². The van der Waals surface area contributed by atoms with Crippen molar-refractivity contribution in [2.75, 3.05) is 0 Å². The number of nitrogens with one attached hydrogen (secondary N) is 1. The lowest BCUT2D eigenvalue weighted by Gasteiger charge is -2.37. The summed E-state index contributed by atoms with van der Waals surface area (Å²) in [5.41, 5.74) is 4.94. The molecule has 1 N–H and O–H groups in total. The van der Waals surface area contributed by atoms with E-state index in [1.165, 1.54) is 0 Å². The molecule has 0 fully saturated rings. The standard InChI is InChI=1S/C26H21ClN4OS/c1-17-22(25-29-24(30-32-25)20-12-14-21(27)15-13-20)23(19-10-6-3-7-11-19)28-26(33)31(17)16-18-8-4-2-5-9-18/h2-15,23H,16H2,1H3,(H,28,33). The van der Waals surface area contributed by atoms with Gasteiger partial charge in [0.1, 0.15) is 0 Å². The van der Waals surface area contributed by atoms with Gasteiger partial charge in [0.05, 0.1) is 11.6 Å². The lowest BCUT2D eigenvalue weighted by atomic mass is 9.94. The lowest BCUT2D eigenvalue weighted by Crippen LogP contribution is -2.45. The first-order chi connectivity index (χ1) is 16.1. The number of hydrogen-bond acceptors (Lipinski definition) is 4. The third-order valence-electron chi connectivity index (χ3n) is 5.67. The van der Waals surface area contributed by atoms with E-state index in [4.69, 9.17) is 33.3 Å². The first kappa shape index (κ1) is 21.4. The maximum absolute atomic E-state index is 6.03. The van der Waals surface area contributed by atoms with E-state index in [1.54, 1.807) is 0 Å². The molecule has 0 radical (unpaired) electrons. The molecule has 0 saturated heterocycles. The highest BCUT2D eigenvalue weighted by molar-refractivity contribution is 7.80. The third-order valence-corrected chi connectivity index (χ3v) is 6.26. The van der Waals surface area contributed by atoms with Crippen LogP contribution in [0.3, 0.4) is 0 Å². The molecule has 0 aliphatic carbocycles. The number of rotatable bonds is 5. The second-order valence-electron chi connectivity index (χ2n) is 7.79. The van der Waals surface area contributed by atoms with Crippen LogP contribution in [-0.4, -0.2) is 20.2 Å². The summed E-state index contributed by atoms with van der Waals surface area (Å²) in [4.78, 5) is 6.81. The quantitative estimate of drug-likeness (QED) is 0.346. The van der Waals surface area contributed by atoms with E-state index >= 15 is 0 Å². The first-order valence-electron chi connectivity index (χ1n) is 10.6. The molecule has 1 aliphatic rings. The number of hydrogen-bond donors (Lipinski definition) is 1. The van der Waals surface area contributed by atoms with E-state index in [9.17, 15) is 0 Å². The molecule has 4 aromatic rings. The van der Waals surface area contributed by atoms with E-state index in [0.717, 1.165) is 28.0 Å². The van der Waals surface area contributed by atoms with E-state index in [0.29, 0.717) is 28.4 Å². The molecule has 1 atom stereocenters. The molecule has 1 aromatic heterocycles. The molecule has 0 amide bonds. The highest BCUT2D eigenvalue weighted by atomic mass is 35.5. The van der Waals surface area contributed by atoms with Crippen LogP contribution in [0.4, 0.5) is 0 Å². The van der Waals surface area contributed by atoms with Crippen LogP contribution in [0.1, 0.15) is 30.0 Å². The van der Waals surface area contributed by atoms with Crippen molar-refractivity contribution in [1.82, 2.24) is 20.4 Å². The van der Waals surface area contributed by atoms with Gasteiger partial charge in [0.25, 0.3) is 5.89 Å². The van der Waals surface area contributed by atoms with Gasteiger partial charge in [-0.3, -0.25) is 0 Å². The average Bonchev–Trinajstić information content (AvgIpc) is 3.33. The molecule has 0 saturated carbocycles. The zero-order valence-electron chi connectivity index (χ0n) is 17.9. The molecule has 5 nitrogen and oxygen atoms in total. The Kier molecular flexibility index (Phi) is 5.94. The van der Waals surface area contributed by atoms with Crippen LogP contribution < -0.4 is 5.32 Å². The Morgan fingerprint density at radius 1 is 0.970 bits per heavy atom. The van der Waals surface area contributed by atoms with Crippen LogP contribution in [0.5, 0.6) is 0 Å². The molecule has 164 valence electrons. The van der Waals surface area contributed by atoms with Crippen molar-refractivity contribution in [3.8, 4) is 11.4 Å². The number of nitrogens with zero attached hydrogens (tertiary/aromatic N) is 3. The fraction of sp³-hybridized carbons (Fsp3) is 0.115. The molecule has 7 heteroatoms. The minimum absolute atomic E-state index is 0.204. The van der Waals surface area contributed by atoms with Crippen molar-refractivity contribution in [3.63, 3.8) is 0 Å². The second-order valence-corrected chi connectivity index (χ2v) is 8.62. The minimum Gasteiger partial charge on any atom is -0.351 e. The Morgan fingerprint density at radius 3 is 2.33 bits per heavy atom. The van der Waals surface area contributed by atoms with Gasteiger partial charge in [0.2, 0.25) is 5.82 Å². The zero-order valence-corrected chi connectivity index (χ0v) is 19.5.